The Morgan fingerprint density at radius 3 is 2.86 bits per heavy atom. The second-order valence-electron chi connectivity index (χ2n) is 6.00. The number of hydrogen-bond acceptors (Lipinski definition) is 3. The zero-order valence-electron chi connectivity index (χ0n) is 13.3. The third-order valence-corrected chi connectivity index (χ3v) is 4.74. The lowest BCUT2D eigenvalue weighted by Crippen LogP contribution is -2.41. The molecule has 0 radical (unpaired) electrons. The maximum atomic E-state index is 6.31. The molecular weight excluding hydrogens is 284 g/mol. The topological polar surface area (TPSA) is 24.5 Å². The zero-order chi connectivity index (χ0) is 15.2. The summed E-state index contributed by atoms with van der Waals surface area (Å²) in [6, 6.07) is 8.90. The molecule has 0 aliphatic carbocycles. The van der Waals surface area contributed by atoms with Crippen molar-refractivity contribution in [2.45, 2.75) is 32.4 Å². The van der Waals surface area contributed by atoms with Crippen LogP contribution in [0.5, 0.6) is 0 Å². The predicted molar refractivity (Wildman–Crippen MR) is 88.9 cm³/mol. The minimum absolute atomic E-state index is 0.311. The number of halogens is 1. The summed E-state index contributed by atoms with van der Waals surface area (Å²) in [5.41, 5.74) is 1.19. The van der Waals surface area contributed by atoms with Crippen molar-refractivity contribution in [2.24, 2.45) is 5.92 Å². The van der Waals surface area contributed by atoms with Gasteiger partial charge >= 0.3 is 0 Å². The Hall–Kier alpha value is -0.610. The van der Waals surface area contributed by atoms with Crippen molar-refractivity contribution in [3.63, 3.8) is 0 Å². The van der Waals surface area contributed by atoms with Gasteiger partial charge in [0.15, 0.2) is 0 Å². The van der Waals surface area contributed by atoms with Crippen LogP contribution in [0, 0.1) is 5.92 Å². The lowest BCUT2D eigenvalue weighted by molar-refractivity contribution is 0.164. The smallest absolute Gasteiger partial charge is 0.0623 e. The molecule has 0 bridgehead atoms. The second kappa shape index (κ2) is 8.14. The monoisotopic (exact) mass is 310 g/mol. The van der Waals surface area contributed by atoms with Gasteiger partial charge in [-0.3, -0.25) is 4.90 Å². The molecule has 0 saturated carbocycles. The first-order valence-corrected chi connectivity index (χ1v) is 8.27. The normalized spacial score (nSPS) is 23.7. The van der Waals surface area contributed by atoms with Gasteiger partial charge in [0.1, 0.15) is 0 Å². The second-order valence-corrected chi connectivity index (χ2v) is 6.40. The highest BCUT2D eigenvalue weighted by atomic mass is 35.5. The van der Waals surface area contributed by atoms with Crippen LogP contribution in [0.25, 0.3) is 0 Å². The molecule has 1 aromatic rings. The Labute approximate surface area is 133 Å². The molecule has 3 nitrogen and oxygen atoms in total. The van der Waals surface area contributed by atoms with E-state index in [-0.39, 0.29) is 0 Å². The highest BCUT2D eigenvalue weighted by molar-refractivity contribution is 6.31. The fourth-order valence-electron chi connectivity index (χ4n) is 2.91. The molecule has 0 spiro atoms. The van der Waals surface area contributed by atoms with Crippen LogP contribution in [-0.2, 0) is 4.74 Å². The van der Waals surface area contributed by atoms with Crippen molar-refractivity contribution in [1.82, 2.24) is 10.2 Å². The summed E-state index contributed by atoms with van der Waals surface area (Å²) in [7, 11) is 2.17. The van der Waals surface area contributed by atoms with Crippen LogP contribution in [0.4, 0.5) is 0 Å². The average Bonchev–Trinajstić information content (AvgIpc) is 2.92. The highest BCUT2D eigenvalue weighted by Gasteiger charge is 2.29. The minimum Gasteiger partial charge on any atom is -0.379 e. The van der Waals surface area contributed by atoms with Gasteiger partial charge in [0.25, 0.3) is 0 Å². The molecular formula is C17H27ClN2O. The van der Waals surface area contributed by atoms with E-state index in [2.05, 4.69) is 43.2 Å². The minimum atomic E-state index is 0.311. The predicted octanol–water partition coefficient (Wildman–Crippen LogP) is 3.35. The summed E-state index contributed by atoms with van der Waals surface area (Å²) in [6.45, 7) is 8.18. The first-order chi connectivity index (χ1) is 10.1. The lowest BCUT2D eigenvalue weighted by Gasteiger charge is -2.30. The molecule has 1 aliphatic heterocycles. The van der Waals surface area contributed by atoms with Crippen molar-refractivity contribution >= 4 is 11.6 Å². The van der Waals surface area contributed by atoms with Crippen LogP contribution in [0.1, 0.15) is 31.9 Å². The van der Waals surface area contributed by atoms with Crippen molar-refractivity contribution in [2.75, 3.05) is 33.4 Å². The fraction of sp³-hybridized carbons (Fsp3) is 0.647. The fourth-order valence-corrected chi connectivity index (χ4v) is 3.21. The van der Waals surface area contributed by atoms with Crippen LogP contribution in [-0.4, -0.2) is 44.3 Å². The Kier molecular flexibility index (Phi) is 6.49. The SMILES string of the molecule is CCCNC1COCC1CN(C)C(C)c1ccccc1Cl. The number of nitrogens with zero attached hydrogens (tertiary/aromatic N) is 1. The molecule has 1 aromatic carbocycles. The highest BCUT2D eigenvalue weighted by Crippen LogP contribution is 2.27. The van der Waals surface area contributed by atoms with E-state index in [1.165, 1.54) is 5.56 Å². The molecule has 21 heavy (non-hydrogen) atoms. The molecule has 0 aromatic heterocycles. The number of benzene rings is 1. The summed E-state index contributed by atoms with van der Waals surface area (Å²) in [5.74, 6) is 0.548. The van der Waals surface area contributed by atoms with Gasteiger partial charge in [0, 0.05) is 29.6 Å². The molecule has 1 fully saturated rings. The molecule has 1 N–H and O–H groups in total. The van der Waals surface area contributed by atoms with Gasteiger partial charge in [-0.15, -0.1) is 0 Å². The average molecular weight is 311 g/mol. The molecule has 1 saturated heterocycles. The van der Waals surface area contributed by atoms with E-state index >= 15 is 0 Å². The largest absolute Gasteiger partial charge is 0.379 e. The lowest BCUT2D eigenvalue weighted by atomic mass is 10.0. The summed E-state index contributed by atoms with van der Waals surface area (Å²) in [6.07, 6.45) is 1.16. The summed E-state index contributed by atoms with van der Waals surface area (Å²) < 4.78 is 5.66. The van der Waals surface area contributed by atoms with Gasteiger partial charge in [0.05, 0.1) is 13.2 Å². The van der Waals surface area contributed by atoms with Crippen LogP contribution in [0.2, 0.25) is 5.02 Å². The summed E-state index contributed by atoms with van der Waals surface area (Å²) >= 11 is 6.31. The maximum Gasteiger partial charge on any atom is 0.0623 e. The van der Waals surface area contributed by atoms with Gasteiger partial charge in [-0.1, -0.05) is 36.7 Å². The van der Waals surface area contributed by atoms with Crippen LogP contribution in [0.3, 0.4) is 0 Å². The Balaban J connectivity index is 1.94. The molecule has 1 heterocycles. The van der Waals surface area contributed by atoms with Gasteiger partial charge < -0.3 is 10.1 Å². The van der Waals surface area contributed by atoms with Gasteiger partial charge in [-0.2, -0.15) is 0 Å². The summed E-state index contributed by atoms with van der Waals surface area (Å²) in [4.78, 5) is 2.38. The van der Waals surface area contributed by atoms with Gasteiger partial charge in [-0.25, -0.2) is 0 Å². The third-order valence-electron chi connectivity index (χ3n) is 4.39. The molecule has 2 rings (SSSR count). The quantitative estimate of drug-likeness (QED) is 0.836. The van der Waals surface area contributed by atoms with E-state index < -0.39 is 0 Å². The Morgan fingerprint density at radius 2 is 2.14 bits per heavy atom. The van der Waals surface area contributed by atoms with Crippen LogP contribution < -0.4 is 5.32 Å². The van der Waals surface area contributed by atoms with Crippen molar-refractivity contribution in [1.29, 1.82) is 0 Å². The van der Waals surface area contributed by atoms with Gasteiger partial charge in [-0.05, 0) is 38.6 Å². The van der Waals surface area contributed by atoms with Crippen molar-refractivity contribution in [3.05, 3.63) is 34.9 Å². The van der Waals surface area contributed by atoms with E-state index in [0.29, 0.717) is 18.0 Å². The molecule has 4 heteroatoms. The standard InChI is InChI=1S/C17H27ClN2O/c1-4-9-19-17-12-21-11-14(17)10-20(3)13(2)15-7-5-6-8-16(15)18/h5-8,13-14,17,19H,4,9-12H2,1-3H3. The number of hydrogen-bond donors (Lipinski definition) is 1. The van der Waals surface area contributed by atoms with E-state index in [1.807, 2.05) is 12.1 Å². The van der Waals surface area contributed by atoms with Gasteiger partial charge in [0.2, 0.25) is 0 Å². The third kappa shape index (κ3) is 4.43. The molecule has 1 aliphatic rings. The zero-order valence-corrected chi connectivity index (χ0v) is 14.1. The first-order valence-electron chi connectivity index (χ1n) is 7.89. The maximum absolute atomic E-state index is 6.31. The van der Waals surface area contributed by atoms with Crippen molar-refractivity contribution in [3.8, 4) is 0 Å². The molecule has 0 amide bonds. The molecule has 3 unspecified atom stereocenters. The van der Waals surface area contributed by atoms with E-state index in [4.69, 9.17) is 16.3 Å². The summed E-state index contributed by atoms with van der Waals surface area (Å²) in [5, 5.41) is 4.45. The van der Waals surface area contributed by atoms with E-state index in [0.717, 1.165) is 37.7 Å². The molecule has 3 atom stereocenters. The van der Waals surface area contributed by atoms with E-state index in [1.54, 1.807) is 0 Å². The molecule has 118 valence electrons. The first kappa shape index (κ1) is 16.8. The van der Waals surface area contributed by atoms with Crippen molar-refractivity contribution < 1.29 is 4.74 Å². The number of rotatable bonds is 7. The van der Waals surface area contributed by atoms with Crippen LogP contribution in [0.15, 0.2) is 24.3 Å². The Bertz CT molecular complexity index is 441. The number of nitrogens with one attached hydrogen (secondary N) is 1. The van der Waals surface area contributed by atoms with E-state index in [9.17, 15) is 0 Å². The Morgan fingerprint density at radius 1 is 1.38 bits per heavy atom. The van der Waals surface area contributed by atoms with Crippen LogP contribution >= 0.6 is 11.6 Å². The number of ether oxygens (including phenoxy) is 1.